The second-order valence-electron chi connectivity index (χ2n) is 4.11. The van der Waals surface area contributed by atoms with E-state index in [1.165, 1.54) is 14.2 Å². The average molecular weight is 414 g/mol. The van der Waals surface area contributed by atoms with E-state index in [1.54, 1.807) is 12.1 Å². The molecule has 0 N–H and O–H groups in total. The van der Waals surface area contributed by atoms with Crippen molar-refractivity contribution in [2.45, 2.75) is 11.5 Å². The first-order chi connectivity index (χ1) is 9.94. The fourth-order valence-electron chi connectivity index (χ4n) is 1.76. The standard InChI is InChI=1S/C12H12BrCl2N2O3P/c1-19-21(18,20-2)6-10-9(5-13)16-11-7(14)3-4-8(15)12(11)17-10/h3-4H,5-6H2,1-2H3. The summed E-state index contributed by atoms with van der Waals surface area (Å²) in [6.07, 6.45) is 0.00666. The molecule has 0 bridgehead atoms. The molecule has 0 saturated carbocycles. The predicted octanol–water partition coefficient (Wildman–Crippen LogP) is 4.82. The minimum atomic E-state index is -3.25. The van der Waals surface area contributed by atoms with Crippen LogP contribution in [-0.2, 0) is 25.1 Å². The summed E-state index contributed by atoms with van der Waals surface area (Å²) in [7, 11) is -0.588. The number of hydrogen-bond acceptors (Lipinski definition) is 5. The summed E-state index contributed by atoms with van der Waals surface area (Å²) in [5.41, 5.74) is 2.08. The molecule has 1 heterocycles. The van der Waals surface area contributed by atoms with Crippen LogP contribution in [0.15, 0.2) is 12.1 Å². The van der Waals surface area contributed by atoms with E-state index in [2.05, 4.69) is 25.9 Å². The van der Waals surface area contributed by atoms with Gasteiger partial charge in [-0.05, 0) is 12.1 Å². The Morgan fingerprint density at radius 1 is 1.10 bits per heavy atom. The van der Waals surface area contributed by atoms with Gasteiger partial charge >= 0.3 is 7.60 Å². The quantitative estimate of drug-likeness (QED) is 0.519. The lowest BCUT2D eigenvalue weighted by atomic mass is 10.2. The fourth-order valence-corrected chi connectivity index (χ4v) is 3.63. The van der Waals surface area contributed by atoms with Crippen LogP contribution in [-0.4, -0.2) is 24.2 Å². The largest absolute Gasteiger partial charge is 0.336 e. The van der Waals surface area contributed by atoms with Crippen molar-refractivity contribution in [1.29, 1.82) is 0 Å². The Bertz CT molecular complexity index is 721. The van der Waals surface area contributed by atoms with Crippen LogP contribution in [0.1, 0.15) is 11.4 Å². The summed E-state index contributed by atoms with van der Waals surface area (Å²) in [4.78, 5) is 8.89. The van der Waals surface area contributed by atoms with Gasteiger partial charge in [-0.15, -0.1) is 0 Å². The molecule has 2 rings (SSSR count). The van der Waals surface area contributed by atoms with Crippen molar-refractivity contribution in [3.63, 3.8) is 0 Å². The average Bonchev–Trinajstić information content (AvgIpc) is 2.50. The topological polar surface area (TPSA) is 61.3 Å². The van der Waals surface area contributed by atoms with Gasteiger partial charge in [-0.2, -0.15) is 0 Å². The van der Waals surface area contributed by atoms with E-state index in [0.29, 0.717) is 37.8 Å². The van der Waals surface area contributed by atoms with Crippen LogP contribution in [0.25, 0.3) is 11.0 Å². The Labute approximate surface area is 140 Å². The molecule has 0 unspecified atom stereocenters. The van der Waals surface area contributed by atoms with Gasteiger partial charge in [0.25, 0.3) is 0 Å². The molecule has 0 fully saturated rings. The van der Waals surface area contributed by atoms with Crippen molar-refractivity contribution in [2.24, 2.45) is 0 Å². The minimum Gasteiger partial charge on any atom is -0.312 e. The van der Waals surface area contributed by atoms with E-state index in [9.17, 15) is 4.57 Å². The van der Waals surface area contributed by atoms with Crippen molar-refractivity contribution in [3.8, 4) is 0 Å². The summed E-state index contributed by atoms with van der Waals surface area (Å²) in [5.74, 6) is 0. The first-order valence-electron chi connectivity index (χ1n) is 5.84. The molecule has 0 aliphatic rings. The Balaban J connectivity index is 2.63. The van der Waals surface area contributed by atoms with Gasteiger partial charge in [-0.3, -0.25) is 4.57 Å². The molecule has 114 valence electrons. The molecule has 9 heteroatoms. The van der Waals surface area contributed by atoms with Crippen LogP contribution in [0.2, 0.25) is 10.0 Å². The maximum atomic E-state index is 12.3. The Morgan fingerprint density at radius 3 is 2.00 bits per heavy atom. The highest BCUT2D eigenvalue weighted by molar-refractivity contribution is 9.08. The summed E-state index contributed by atoms with van der Waals surface area (Å²) in [5, 5.41) is 1.31. The van der Waals surface area contributed by atoms with Crippen LogP contribution < -0.4 is 0 Å². The third kappa shape index (κ3) is 3.58. The van der Waals surface area contributed by atoms with Crippen molar-refractivity contribution in [2.75, 3.05) is 14.2 Å². The lowest BCUT2D eigenvalue weighted by molar-refractivity contribution is 0.274. The van der Waals surface area contributed by atoms with Crippen molar-refractivity contribution >= 4 is 57.8 Å². The molecule has 1 aromatic heterocycles. The van der Waals surface area contributed by atoms with Gasteiger partial charge in [0.2, 0.25) is 0 Å². The normalized spacial score (nSPS) is 12.0. The number of fused-ring (bicyclic) bond motifs is 1. The van der Waals surface area contributed by atoms with Gasteiger partial charge in [-0.25, -0.2) is 9.97 Å². The monoisotopic (exact) mass is 412 g/mol. The second-order valence-corrected chi connectivity index (χ2v) is 7.75. The summed E-state index contributed by atoms with van der Waals surface area (Å²) in [6.45, 7) is 0. The lowest BCUT2D eigenvalue weighted by Crippen LogP contribution is -2.04. The molecule has 0 aliphatic carbocycles. The molecule has 0 atom stereocenters. The maximum Gasteiger partial charge on any atom is 0.336 e. The second kappa shape index (κ2) is 6.90. The smallest absolute Gasteiger partial charge is 0.312 e. The maximum absolute atomic E-state index is 12.3. The molecular weight excluding hydrogens is 402 g/mol. The highest BCUT2D eigenvalue weighted by Gasteiger charge is 2.25. The van der Waals surface area contributed by atoms with Gasteiger partial charge < -0.3 is 9.05 Å². The molecule has 0 spiro atoms. The number of alkyl halides is 1. The van der Waals surface area contributed by atoms with E-state index in [4.69, 9.17) is 32.2 Å². The van der Waals surface area contributed by atoms with Crippen LogP contribution in [0.5, 0.6) is 0 Å². The molecule has 0 radical (unpaired) electrons. The number of rotatable bonds is 5. The lowest BCUT2D eigenvalue weighted by Gasteiger charge is -2.15. The first kappa shape index (κ1) is 17.1. The van der Waals surface area contributed by atoms with Gasteiger partial charge in [-0.1, -0.05) is 39.1 Å². The van der Waals surface area contributed by atoms with Gasteiger partial charge in [0.15, 0.2) is 0 Å². The highest BCUT2D eigenvalue weighted by atomic mass is 79.9. The Morgan fingerprint density at radius 2 is 1.57 bits per heavy atom. The summed E-state index contributed by atoms with van der Waals surface area (Å²) < 4.78 is 22.2. The zero-order valence-electron chi connectivity index (χ0n) is 11.3. The summed E-state index contributed by atoms with van der Waals surface area (Å²) >= 11 is 15.6. The van der Waals surface area contributed by atoms with Crippen LogP contribution in [0.4, 0.5) is 0 Å². The molecule has 0 amide bonds. The van der Waals surface area contributed by atoms with Crippen LogP contribution in [0, 0.1) is 0 Å². The third-order valence-electron chi connectivity index (χ3n) is 2.91. The van der Waals surface area contributed by atoms with Crippen LogP contribution in [0.3, 0.4) is 0 Å². The van der Waals surface area contributed by atoms with Crippen molar-refractivity contribution < 1.29 is 13.6 Å². The SMILES string of the molecule is COP(=O)(Cc1nc2c(Cl)ccc(Cl)c2nc1CBr)OC. The molecule has 0 saturated heterocycles. The number of nitrogens with zero attached hydrogens (tertiary/aromatic N) is 2. The van der Waals surface area contributed by atoms with Gasteiger partial charge in [0.05, 0.1) is 27.6 Å². The molecule has 1 aromatic carbocycles. The molecule has 5 nitrogen and oxygen atoms in total. The molecule has 21 heavy (non-hydrogen) atoms. The van der Waals surface area contributed by atoms with Gasteiger partial charge in [0.1, 0.15) is 11.0 Å². The van der Waals surface area contributed by atoms with Crippen molar-refractivity contribution in [3.05, 3.63) is 33.6 Å². The van der Waals surface area contributed by atoms with E-state index < -0.39 is 7.60 Å². The third-order valence-corrected chi connectivity index (χ3v) is 5.85. The number of hydrogen-bond donors (Lipinski definition) is 0. The van der Waals surface area contributed by atoms with Crippen LogP contribution >= 0.6 is 46.7 Å². The zero-order valence-corrected chi connectivity index (χ0v) is 15.3. The molecule has 2 aromatic rings. The summed E-state index contributed by atoms with van der Waals surface area (Å²) in [6, 6.07) is 3.30. The molecular formula is C12H12BrCl2N2O3P. The van der Waals surface area contributed by atoms with E-state index in [0.717, 1.165) is 0 Å². The van der Waals surface area contributed by atoms with Crippen molar-refractivity contribution in [1.82, 2.24) is 9.97 Å². The number of benzene rings is 1. The van der Waals surface area contributed by atoms with E-state index in [-0.39, 0.29) is 6.16 Å². The Kier molecular flexibility index (Phi) is 5.63. The fraction of sp³-hybridized carbons (Fsp3) is 0.333. The molecule has 0 aliphatic heterocycles. The van der Waals surface area contributed by atoms with E-state index in [1.807, 2.05) is 0 Å². The Hall–Kier alpha value is -0.230. The number of halogens is 3. The zero-order chi connectivity index (χ0) is 15.6. The first-order valence-corrected chi connectivity index (χ1v) is 9.44. The minimum absolute atomic E-state index is 0.00666. The van der Waals surface area contributed by atoms with E-state index >= 15 is 0 Å². The predicted molar refractivity (Wildman–Crippen MR) is 87.5 cm³/mol. The highest BCUT2D eigenvalue weighted by Crippen LogP contribution is 2.50. The van der Waals surface area contributed by atoms with Gasteiger partial charge in [0, 0.05) is 19.5 Å². The number of aromatic nitrogens is 2.